The summed E-state index contributed by atoms with van der Waals surface area (Å²) >= 11 is 0. The number of benzene rings is 1. The van der Waals surface area contributed by atoms with Crippen molar-refractivity contribution in [3.8, 4) is 5.75 Å². The van der Waals surface area contributed by atoms with Crippen LogP contribution in [0.1, 0.15) is 12.8 Å². The highest BCUT2D eigenvalue weighted by Crippen LogP contribution is 2.13. The smallest absolute Gasteiger partial charge is 0.119 e. The highest BCUT2D eigenvalue weighted by Gasteiger charge is 2.04. The summed E-state index contributed by atoms with van der Waals surface area (Å²) in [6.45, 7) is 2.47. The number of nitrogens with zero attached hydrogens (tertiary/aromatic N) is 2. The van der Waals surface area contributed by atoms with Gasteiger partial charge in [-0.15, -0.1) is 0 Å². The van der Waals surface area contributed by atoms with Gasteiger partial charge in [0.2, 0.25) is 0 Å². The Kier molecular flexibility index (Phi) is 4.21. The summed E-state index contributed by atoms with van der Waals surface area (Å²) in [5.41, 5.74) is 9.41. The van der Waals surface area contributed by atoms with Crippen LogP contribution in [-0.2, 0) is 0 Å². The van der Waals surface area contributed by atoms with Gasteiger partial charge in [0.15, 0.2) is 0 Å². The molecule has 0 atom stereocenters. The van der Waals surface area contributed by atoms with Crippen LogP contribution >= 0.6 is 0 Å². The fourth-order valence-corrected chi connectivity index (χ4v) is 1.60. The minimum Gasteiger partial charge on any atom is -0.494 e. The second kappa shape index (κ2) is 6.10. The third-order valence-electron chi connectivity index (χ3n) is 2.56. The zero-order valence-electron chi connectivity index (χ0n) is 9.80. The Morgan fingerprint density at radius 2 is 2.12 bits per heavy atom. The molecular formula is C12H18N4O. The zero-order chi connectivity index (χ0) is 11.9. The normalized spacial score (nSPS) is 14.8. The fourth-order valence-electron chi connectivity index (χ4n) is 1.60. The Morgan fingerprint density at radius 1 is 1.29 bits per heavy atom. The summed E-state index contributed by atoms with van der Waals surface area (Å²) in [5.74, 6) is 0.877. The van der Waals surface area contributed by atoms with Crippen LogP contribution < -0.4 is 15.9 Å². The van der Waals surface area contributed by atoms with E-state index >= 15 is 0 Å². The van der Waals surface area contributed by atoms with Gasteiger partial charge in [-0.2, -0.15) is 0 Å². The summed E-state index contributed by atoms with van der Waals surface area (Å²) in [5, 5.41) is 2.07. The van der Waals surface area contributed by atoms with E-state index in [0.717, 1.165) is 44.1 Å². The minimum absolute atomic E-state index is 0.735. The Balaban J connectivity index is 1.55. The number of rotatable bonds is 6. The maximum absolute atomic E-state index is 5.60. The van der Waals surface area contributed by atoms with E-state index in [-0.39, 0.29) is 0 Å². The molecule has 5 nitrogen and oxygen atoms in total. The van der Waals surface area contributed by atoms with E-state index in [9.17, 15) is 0 Å². The van der Waals surface area contributed by atoms with Crippen LogP contribution in [0.25, 0.3) is 0 Å². The molecule has 0 saturated carbocycles. The number of nitrogens with one attached hydrogen (secondary N) is 1. The third-order valence-corrected chi connectivity index (χ3v) is 2.56. The lowest BCUT2D eigenvalue weighted by molar-refractivity contribution is 0.244. The number of hydrazine groups is 1. The molecule has 0 amide bonds. The van der Waals surface area contributed by atoms with Crippen LogP contribution in [0.2, 0.25) is 0 Å². The molecule has 0 spiro atoms. The van der Waals surface area contributed by atoms with E-state index in [1.165, 1.54) is 0 Å². The van der Waals surface area contributed by atoms with Crippen molar-refractivity contribution < 1.29 is 4.74 Å². The predicted molar refractivity (Wildman–Crippen MR) is 68.8 cm³/mol. The molecular weight excluding hydrogens is 216 g/mol. The number of ether oxygens (including phenoxy) is 1. The fraction of sp³-hybridized carbons (Fsp3) is 0.417. The number of hydrogen-bond donors (Lipinski definition) is 2. The van der Waals surface area contributed by atoms with Gasteiger partial charge in [0.05, 0.1) is 12.9 Å². The molecule has 3 N–H and O–H groups in total. The summed E-state index contributed by atoms with van der Waals surface area (Å²) in [7, 11) is 0. The molecule has 0 aliphatic carbocycles. The topological polar surface area (TPSA) is 62.9 Å². The summed E-state index contributed by atoms with van der Waals surface area (Å²) in [6.07, 6.45) is 3.85. The highest BCUT2D eigenvalue weighted by atomic mass is 16.5. The van der Waals surface area contributed by atoms with Gasteiger partial charge < -0.3 is 15.9 Å². The number of hydrogen-bond acceptors (Lipinski definition) is 5. The second-order valence-corrected chi connectivity index (χ2v) is 3.97. The Hall–Kier alpha value is -1.75. The maximum atomic E-state index is 5.60. The van der Waals surface area contributed by atoms with E-state index in [1.807, 2.05) is 24.3 Å². The van der Waals surface area contributed by atoms with Crippen LogP contribution in [0.4, 0.5) is 5.69 Å². The molecule has 2 rings (SSSR count). The van der Waals surface area contributed by atoms with Crippen molar-refractivity contribution in [3.63, 3.8) is 0 Å². The third kappa shape index (κ3) is 3.96. The van der Waals surface area contributed by atoms with Gasteiger partial charge in [0.1, 0.15) is 12.4 Å². The lowest BCUT2D eigenvalue weighted by Crippen LogP contribution is -2.32. The van der Waals surface area contributed by atoms with Crippen molar-refractivity contribution >= 4 is 12.0 Å². The molecule has 0 saturated heterocycles. The molecule has 0 unspecified atom stereocenters. The lowest BCUT2D eigenvalue weighted by atomic mass is 10.3. The van der Waals surface area contributed by atoms with Gasteiger partial charge in [0, 0.05) is 12.2 Å². The Bertz CT molecular complexity index is 355. The summed E-state index contributed by atoms with van der Waals surface area (Å²) < 4.78 is 5.60. The molecule has 0 radical (unpaired) electrons. The first-order valence-electron chi connectivity index (χ1n) is 5.82. The summed E-state index contributed by atoms with van der Waals surface area (Å²) in [4.78, 5) is 4.07. The van der Waals surface area contributed by atoms with Crippen molar-refractivity contribution in [1.29, 1.82) is 0 Å². The van der Waals surface area contributed by atoms with Crippen LogP contribution in [-0.4, -0.2) is 31.2 Å². The molecule has 1 aliphatic rings. The zero-order valence-corrected chi connectivity index (χ0v) is 9.80. The predicted octanol–water partition coefficient (Wildman–Crippen LogP) is 1.23. The maximum Gasteiger partial charge on any atom is 0.119 e. The summed E-state index contributed by atoms with van der Waals surface area (Å²) in [6, 6.07) is 7.48. The van der Waals surface area contributed by atoms with Gasteiger partial charge in [-0.25, -0.2) is 5.01 Å². The molecule has 1 aliphatic heterocycles. The van der Waals surface area contributed by atoms with E-state index < -0.39 is 0 Å². The van der Waals surface area contributed by atoms with Gasteiger partial charge >= 0.3 is 0 Å². The van der Waals surface area contributed by atoms with Crippen LogP contribution in [0, 0.1) is 0 Å². The van der Waals surface area contributed by atoms with Crippen molar-refractivity contribution in [3.05, 3.63) is 24.3 Å². The number of nitrogen functional groups attached to an aromatic ring is 1. The second-order valence-electron chi connectivity index (χ2n) is 3.97. The lowest BCUT2D eigenvalue weighted by Gasteiger charge is -2.13. The minimum atomic E-state index is 0.735. The molecule has 17 heavy (non-hydrogen) atoms. The number of nitrogens with two attached hydrogens (primary N) is 1. The monoisotopic (exact) mass is 234 g/mol. The Morgan fingerprint density at radius 3 is 2.82 bits per heavy atom. The standard InChI is InChI=1S/C12H18N4O/c13-11-3-5-12(6-4-11)17-8-2-1-7-16-10-14-9-15-16/h3-6,9H,1-2,7-8,10,13H2,(H,14,15). The van der Waals surface area contributed by atoms with E-state index in [1.54, 1.807) is 6.34 Å². The average Bonchev–Trinajstić information content (AvgIpc) is 2.84. The van der Waals surface area contributed by atoms with Gasteiger partial charge in [0.25, 0.3) is 0 Å². The number of aliphatic imine (C=N–C) groups is 1. The molecule has 0 bridgehead atoms. The van der Waals surface area contributed by atoms with Crippen LogP contribution in [0.5, 0.6) is 5.75 Å². The van der Waals surface area contributed by atoms with Crippen LogP contribution in [0.15, 0.2) is 29.3 Å². The SMILES string of the molecule is Nc1ccc(OCCCCN2CN=CN2)cc1. The van der Waals surface area contributed by atoms with Gasteiger partial charge in [-0.05, 0) is 37.1 Å². The Labute approximate surface area is 101 Å². The van der Waals surface area contributed by atoms with E-state index in [0.29, 0.717) is 0 Å². The first-order valence-corrected chi connectivity index (χ1v) is 5.82. The van der Waals surface area contributed by atoms with Crippen molar-refractivity contribution in [2.45, 2.75) is 12.8 Å². The molecule has 5 heteroatoms. The first-order chi connectivity index (χ1) is 8.34. The van der Waals surface area contributed by atoms with E-state index in [2.05, 4.69) is 15.4 Å². The molecule has 0 aromatic heterocycles. The molecule has 1 heterocycles. The number of anilines is 1. The number of unbranched alkanes of at least 4 members (excludes halogenated alkanes) is 1. The molecule has 92 valence electrons. The molecule has 0 fully saturated rings. The van der Waals surface area contributed by atoms with Crippen molar-refractivity contribution in [2.75, 3.05) is 25.6 Å². The van der Waals surface area contributed by atoms with Gasteiger partial charge in [-0.3, -0.25) is 4.99 Å². The largest absolute Gasteiger partial charge is 0.494 e. The average molecular weight is 234 g/mol. The first kappa shape index (κ1) is 11.7. The quantitative estimate of drug-likeness (QED) is 0.574. The van der Waals surface area contributed by atoms with Crippen molar-refractivity contribution in [1.82, 2.24) is 10.4 Å². The highest BCUT2D eigenvalue weighted by molar-refractivity contribution is 5.54. The molecule has 1 aromatic rings. The van der Waals surface area contributed by atoms with Crippen molar-refractivity contribution in [2.24, 2.45) is 4.99 Å². The molecule has 1 aromatic carbocycles. The van der Waals surface area contributed by atoms with Gasteiger partial charge in [-0.1, -0.05) is 0 Å². The van der Waals surface area contributed by atoms with Crippen LogP contribution in [0.3, 0.4) is 0 Å². The van der Waals surface area contributed by atoms with E-state index in [4.69, 9.17) is 10.5 Å².